The molecule has 5 nitrogen and oxygen atoms in total. The summed E-state index contributed by atoms with van der Waals surface area (Å²) < 4.78 is 5.39. The van der Waals surface area contributed by atoms with Crippen molar-refractivity contribution in [1.82, 2.24) is 15.2 Å². The molecule has 2 heterocycles. The van der Waals surface area contributed by atoms with Crippen molar-refractivity contribution in [2.24, 2.45) is 0 Å². The van der Waals surface area contributed by atoms with Crippen LogP contribution in [0.4, 0.5) is 0 Å². The molecule has 4 rings (SSSR count). The summed E-state index contributed by atoms with van der Waals surface area (Å²) in [5.41, 5.74) is 2.55. The Kier molecular flexibility index (Phi) is 5.97. The maximum atomic E-state index is 12.8. The first-order valence-electron chi connectivity index (χ1n) is 9.86. The molecule has 2 aromatic carbocycles. The number of aromatic nitrogens is 1. The Hall–Kier alpha value is -2.63. The molecule has 1 atom stereocenters. The third-order valence-corrected chi connectivity index (χ3v) is 5.64. The van der Waals surface area contributed by atoms with Gasteiger partial charge in [-0.1, -0.05) is 23.7 Å². The van der Waals surface area contributed by atoms with Gasteiger partial charge in [-0.15, -0.1) is 0 Å². The fraction of sp³-hybridized carbons (Fsp3) is 0.304. The Bertz CT molecular complexity index is 1020. The summed E-state index contributed by atoms with van der Waals surface area (Å²) in [5, 5.41) is 4.46. The number of amides is 1. The van der Waals surface area contributed by atoms with Crippen molar-refractivity contribution in [1.29, 1.82) is 0 Å². The van der Waals surface area contributed by atoms with E-state index >= 15 is 0 Å². The number of halogens is 1. The van der Waals surface area contributed by atoms with Crippen LogP contribution in [0.2, 0.25) is 5.15 Å². The van der Waals surface area contributed by atoms with Gasteiger partial charge in [-0.25, -0.2) is 4.98 Å². The number of ether oxygens (including phenoxy) is 1. The van der Waals surface area contributed by atoms with Crippen LogP contribution in [0.1, 0.15) is 34.8 Å². The third kappa shape index (κ3) is 4.52. The van der Waals surface area contributed by atoms with Crippen LogP contribution in [-0.2, 0) is 0 Å². The number of benzene rings is 2. The van der Waals surface area contributed by atoms with Crippen molar-refractivity contribution >= 4 is 28.4 Å². The highest BCUT2D eigenvalue weighted by Gasteiger charge is 2.24. The number of rotatable bonds is 6. The highest BCUT2D eigenvalue weighted by atomic mass is 35.5. The smallest absolute Gasteiger partial charge is 0.251 e. The molecule has 0 aliphatic carbocycles. The van der Waals surface area contributed by atoms with Crippen molar-refractivity contribution in [2.45, 2.75) is 18.9 Å². The topological polar surface area (TPSA) is 54.5 Å². The summed E-state index contributed by atoms with van der Waals surface area (Å²) in [7, 11) is 1.67. The summed E-state index contributed by atoms with van der Waals surface area (Å²) in [6.07, 6.45) is 2.38. The van der Waals surface area contributed by atoms with Gasteiger partial charge in [0.25, 0.3) is 5.91 Å². The maximum Gasteiger partial charge on any atom is 0.251 e. The Morgan fingerprint density at radius 3 is 2.79 bits per heavy atom. The number of fused-ring (bicyclic) bond motifs is 1. The molecule has 1 amide bonds. The van der Waals surface area contributed by atoms with Gasteiger partial charge in [0.05, 0.1) is 18.7 Å². The van der Waals surface area contributed by atoms with E-state index in [-0.39, 0.29) is 11.9 Å². The van der Waals surface area contributed by atoms with Crippen LogP contribution in [0, 0.1) is 0 Å². The normalized spacial score (nSPS) is 15.4. The predicted octanol–water partition coefficient (Wildman–Crippen LogP) is 4.46. The number of nitrogens with zero attached hydrogens (tertiary/aromatic N) is 2. The van der Waals surface area contributed by atoms with Crippen LogP contribution in [0.15, 0.2) is 54.6 Å². The molecule has 1 aromatic heterocycles. The van der Waals surface area contributed by atoms with E-state index in [1.807, 2.05) is 30.3 Å². The summed E-state index contributed by atoms with van der Waals surface area (Å²) in [6.45, 7) is 2.63. The number of methoxy groups -OCH3 is 1. The number of nitrogens with one attached hydrogen (secondary N) is 1. The highest BCUT2D eigenvalue weighted by molar-refractivity contribution is 6.29. The maximum absolute atomic E-state index is 12.8. The fourth-order valence-electron chi connectivity index (χ4n) is 3.89. The largest absolute Gasteiger partial charge is 0.497 e. The Morgan fingerprint density at radius 1 is 1.17 bits per heavy atom. The van der Waals surface area contributed by atoms with E-state index < -0.39 is 0 Å². The van der Waals surface area contributed by atoms with Crippen molar-refractivity contribution < 1.29 is 9.53 Å². The molecule has 1 fully saturated rings. The first-order chi connectivity index (χ1) is 14.1. The van der Waals surface area contributed by atoms with Crippen LogP contribution < -0.4 is 10.1 Å². The second-order valence-corrected chi connectivity index (χ2v) is 7.67. The first-order valence-corrected chi connectivity index (χ1v) is 10.2. The van der Waals surface area contributed by atoms with Crippen LogP contribution in [0.5, 0.6) is 5.75 Å². The average Bonchev–Trinajstić information content (AvgIpc) is 3.28. The summed E-state index contributed by atoms with van der Waals surface area (Å²) >= 11 is 5.94. The van der Waals surface area contributed by atoms with Gasteiger partial charge >= 0.3 is 0 Å². The second-order valence-electron chi connectivity index (χ2n) is 7.29. The van der Waals surface area contributed by atoms with Crippen LogP contribution in [0.3, 0.4) is 0 Å². The van der Waals surface area contributed by atoms with E-state index in [0.717, 1.165) is 35.3 Å². The second kappa shape index (κ2) is 8.80. The van der Waals surface area contributed by atoms with Crippen molar-refractivity contribution in [3.63, 3.8) is 0 Å². The standard InChI is InChI=1S/C23H24ClN3O2/c1-29-19-6-4-5-17(14-19)21(27-11-2-3-12-27)15-25-23(28)18-7-9-20-16(13-18)8-10-22(24)26-20/h4-10,13-14,21H,2-3,11-12,15H2,1H3,(H,25,28). The molecule has 1 saturated heterocycles. The van der Waals surface area contributed by atoms with Gasteiger partial charge in [0.2, 0.25) is 0 Å². The Balaban J connectivity index is 1.52. The van der Waals surface area contributed by atoms with E-state index in [1.54, 1.807) is 19.2 Å². The molecule has 150 valence electrons. The lowest BCUT2D eigenvalue weighted by Crippen LogP contribution is -2.36. The van der Waals surface area contributed by atoms with Crippen molar-refractivity contribution in [2.75, 3.05) is 26.7 Å². The molecule has 0 radical (unpaired) electrons. The van der Waals surface area contributed by atoms with Gasteiger partial charge in [-0.2, -0.15) is 0 Å². The number of hydrogen-bond donors (Lipinski definition) is 1. The minimum absolute atomic E-state index is 0.0889. The molecule has 3 aromatic rings. The van der Waals surface area contributed by atoms with E-state index in [9.17, 15) is 4.79 Å². The van der Waals surface area contributed by atoms with E-state index in [2.05, 4.69) is 27.3 Å². The Morgan fingerprint density at radius 2 is 2.00 bits per heavy atom. The molecule has 29 heavy (non-hydrogen) atoms. The first kappa shape index (κ1) is 19.7. The molecule has 1 aliphatic heterocycles. The van der Waals surface area contributed by atoms with E-state index in [1.165, 1.54) is 12.8 Å². The lowest BCUT2D eigenvalue weighted by atomic mass is 10.0. The van der Waals surface area contributed by atoms with E-state index in [4.69, 9.17) is 16.3 Å². The molecule has 0 spiro atoms. The number of carbonyl (C=O) groups excluding carboxylic acids is 1. The fourth-order valence-corrected chi connectivity index (χ4v) is 4.05. The number of likely N-dealkylation sites (tertiary alicyclic amines) is 1. The monoisotopic (exact) mass is 409 g/mol. The SMILES string of the molecule is COc1cccc(C(CNC(=O)c2ccc3nc(Cl)ccc3c2)N2CCCC2)c1. The molecule has 1 N–H and O–H groups in total. The minimum Gasteiger partial charge on any atom is -0.497 e. The zero-order valence-corrected chi connectivity index (χ0v) is 17.2. The van der Waals surface area contributed by atoms with Gasteiger partial charge in [0, 0.05) is 17.5 Å². The van der Waals surface area contributed by atoms with Crippen LogP contribution in [-0.4, -0.2) is 42.5 Å². The molecular formula is C23H24ClN3O2. The third-order valence-electron chi connectivity index (χ3n) is 5.43. The van der Waals surface area contributed by atoms with Crippen LogP contribution in [0.25, 0.3) is 10.9 Å². The van der Waals surface area contributed by atoms with Gasteiger partial charge < -0.3 is 10.1 Å². The van der Waals surface area contributed by atoms with Crippen molar-refractivity contribution in [3.05, 3.63) is 70.9 Å². The zero-order valence-electron chi connectivity index (χ0n) is 16.4. The molecular weight excluding hydrogens is 386 g/mol. The summed E-state index contributed by atoms with van der Waals surface area (Å²) in [5.74, 6) is 0.743. The Labute approximate surface area is 175 Å². The molecule has 6 heteroatoms. The number of pyridine rings is 1. The van der Waals surface area contributed by atoms with Crippen LogP contribution >= 0.6 is 11.6 Å². The average molecular weight is 410 g/mol. The summed E-state index contributed by atoms with van der Waals surface area (Å²) in [6, 6.07) is 17.3. The number of carbonyl (C=O) groups is 1. The van der Waals surface area contributed by atoms with Gasteiger partial charge in [-0.05, 0) is 74.0 Å². The van der Waals surface area contributed by atoms with E-state index in [0.29, 0.717) is 17.3 Å². The van der Waals surface area contributed by atoms with Crippen molar-refractivity contribution in [3.8, 4) is 5.75 Å². The number of hydrogen-bond acceptors (Lipinski definition) is 4. The van der Waals surface area contributed by atoms with Gasteiger partial charge in [0.1, 0.15) is 10.9 Å². The lowest BCUT2D eigenvalue weighted by Gasteiger charge is -2.28. The molecule has 1 aliphatic rings. The zero-order chi connectivity index (χ0) is 20.2. The quantitative estimate of drug-likeness (QED) is 0.610. The highest BCUT2D eigenvalue weighted by Crippen LogP contribution is 2.27. The molecule has 0 bridgehead atoms. The lowest BCUT2D eigenvalue weighted by molar-refractivity contribution is 0.0938. The molecule has 1 unspecified atom stereocenters. The minimum atomic E-state index is -0.0889. The van der Waals surface area contributed by atoms with Gasteiger partial charge in [-0.3, -0.25) is 9.69 Å². The van der Waals surface area contributed by atoms with Gasteiger partial charge in [0.15, 0.2) is 0 Å². The summed E-state index contributed by atoms with van der Waals surface area (Å²) in [4.78, 5) is 19.5. The molecule has 0 saturated carbocycles. The predicted molar refractivity (Wildman–Crippen MR) is 116 cm³/mol.